The van der Waals surface area contributed by atoms with E-state index in [2.05, 4.69) is 0 Å². The lowest BCUT2D eigenvalue weighted by Crippen LogP contribution is -2.31. The first-order chi connectivity index (χ1) is 16.4. The Labute approximate surface area is 205 Å². The minimum Gasteiger partial charge on any atom is -0.619 e. The molecule has 4 aromatic rings. The van der Waals surface area contributed by atoms with Gasteiger partial charge >= 0.3 is 0 Å². The number of carbonyl (C=O) groups excluding carboxylic acids is 2. The lowest BCUT2D eigenvalue weighted by molar-refractivity contribution is -0.605. The van der Waals surface area contributed by atoms with Gasteiger partial charge in [0.25, 0.3) is 11.8 Å². The Hall–Kier alpha value is -3.87. The summed E-state index contributed by atoms with van der Waals surface area (Å²) in [5.41, 5.74) is 3.54. The molecule has 5 rings (SSSR count). The predicted octanol–water partition coefficient (Wildman–Crippen LogP) is 5.89. The highest BCUT2D eigenvalue weighted by Gasteiger charge is 2.36. The Bertz CT molecular complexity index is 1360. The van der Waals surface area contributed by atoms with Crippen molar-refractivity contribution in [1.29, 1.82) is 0 Å². The van der Waals surface area contributed by atoms with Crippen molar-refractivity contribution in [3.8, 4) is 0 Å². The molecule has 0 saturated heterocycles. The molecule has 8 heteroatoms. The third-order valence-corrected chi connectivity index (χ3v) is 6.06. The van der Waals surface area contributed by atoms with Gasteiger partial charge in [0.1, 0.15) is 0 Å². The van der Waals surface area contributed by atoms with Crippen LogP contribution < -0.4 is 9.63 Å². The molecule has 0 N–H and O–H groups in total. The number of halogens is 2. The van der Waals surface area contributed by atoms with Gasteiger partial charge in [0, 0.05) is 38.7 Å². The third kappa shape index (κ3) is 4.09. The Balaban J connectivity index is 1.54. The van der Waals surface area contributed by atoms with Crippen molar-refractivity contribution in [1.82, 2.24) is 4.90 Å². The molecular weight excluding hydrogens is 473 g/mol. The van der Waals surface area contributed by atoms with Crippen LogP contribution in [0.2, 0.25) is 10.0 Å². The van der Waals surface area contributed by atoms with Gasteiger partial charge in [0.15, 0.2) is 12.4 Å². The Kier molecular flexibility index (Phi) is 5.69. The molecule has 1 aliphatic rings. The van der Waals surface area contributed by atoms with Crippen LogP contribution >= 0.6 is 23.2 Å². The van der Waals surface area contributed by atoms with E-state index >= 15 is 0 Å². The quantitative estimate of drug-likeness (QED) is 0.199. The van der Waals surface area contributed by atoms with Gasteiger partial charge in [-0.3, -0.25) is 14.5 Å². The third-order valence-electron chi connectivity index (χ3n) is 5.56. The van der Waals surface area contributed by atoms with Gasteiger partial charge in [-0.1, -0.05) is 23.2 Å². The standard InChI is InChI=1S/C26H17Cl2N3O3/c27-18-3-7-20(8-4-18)31(21-9-5-19(28)6-10-21)22-11-12-23-24(14-22)26(33)30(25(23)32)16-17-2-1-13-29(34)15-17/h1-15H,16H2. The van der Waals surface area contributed by atoms with Crippen LogP contribution in [-0.2, 0) is 6.54 Å². The fourth-order valence-corrected chi connectivity index (χ4v) is 4.22. The van der Waals surface area contributed by atoms with Crippen LogP contribution in [0.4, 0.5) is 17.1 Å². The normalized spacial score (nSPS) is 12.7. The molecule has 0 fully saturated rings. The first-order valence-electron chi connectivity index (χ1n) is 10.4. The number of rotatable bonds is 5. The minimum atomic E-state index is -0.407. The monoisotopic (exact) mass is 489 g/mol. The molecule has 0 atom stereocenters. The van der Waals surface area contributed by atoms with Crippen molar-refractivity contribution in [3.05, 3.63) is 123 Å². The van der Waals surface area contributed by atoms with Crippen LogP contribution in [-0.4, -0.2) is 16.7 Å². The number of hydrogen-bond donors (Lipinski definition) is 0. The van der Waals surface area contributed by atoms with Gasteiger partial charge < -0.3 is 10.1 Å². The highest BCUT2D eigenvalue weighted by molar-refractivity contribution is 6.31. The van der Waals surface area contributed by atoms with Gasteiger partial charge in [-0.15, -0.1) is 0 Å². The minimum absolute atomic E-state index is 0.0167. The molecule has 0 unspecified atom stereocenters. The maximum atomic E-state index is 13.2. The van der Waals surface area contributed by atoms with Crippen molar-refractivity contribution in [2.24, 2.45) is 0 Å². The molecular formula is C26H17Cl2N3O3. The molecule has 0 bridgehead atoms. The fraction of sp³-hybridized carbons (Fsp3) is 0.0385. The molecule has 0 radical (unpaired) electrons. The van der Waals surface area contributed by atoms with Crippen molar-refractivity contribution in [3.63, 3.8) is 0 Å². The summed E-state index contributed by atoms with van der Waals surface area (Å²) in [5.74, 6) is -0.798. The average molecular weight is 490 g/mol. The molecule has 6 nitrogen and oxygen atoms in total. The maximum Gasteiger partial charge on any atom is 0.261 e. The second kappa shape index (κ2) is 8.82. The zero-order chi connectivity index (χ0) is 23.8. The second-order valence-corrected chi connectivity index (χ2v) is 8.66. The van der Waals surface area contributed by atoms with Crippen LogP contribution in [0.25, 0.3) is 0 Å². The van der Waals surface area contributed by atoms with Gasteiger partial charge in [0.2, 0.25) is 0 Å². The first kappa shape index (κ1) is 21.9. The number of aromatic nitrogens is 1. The molecule has 2 amide bonds. The number of anilines is 3. The summed E-state index contributed by atoms with van der Waals surface area (Å²) in [6, 6.07) is 23.1. The highest BCUT2D eigenvalue weighted by Crippen LogP contribution is 2.38. The van der Waals surface area contributed by atoms with Gasteiger partial charge in [-0.2, -0.15) is 4.73 Å². The number of imide groups is 1. The summed E-state index contributed by atoms with van der Waals surface area (Å²) in [5, 5.41) is 12.8. The number of fused-ring (bicyclic) bond motifs is 1. The molecule has 168 valence electrons. The second-order valence-electron chi connectivity index (χ2n) is 7.79. The summed E-state index contributed by atoms with van der Waals surface area (Å²) >= 11 is 12.2. The summed E-state index contributed by atoms with van der Waals surface area (Å²) < 4.78 is 0.641. The Morgan fingerprint density at radius 2 is 1.32 bits per heavy atom. The SMILES string of the molecule is O=C1c2ccc(N(c3ccc(Cl)cc3)c3ccc(Cl)cc3)cc2C(=O)N1Cc1ccc[n+]([O-])c1. The van der Waals surface area contributed by atoms with Gasteiger partial charge in [-0.25, -0.2) is 0 Å². The van der Waals surface area contributed by atoms with E-state index in [0.29, 0.717) is 37.2 Å². The maximum absolute atomic E-state index is 13.2. The van der Waals surface area contributed by atoms with Crippen molar-refractivity contribution >= 4 is 52.1 Å². The molecule has 34 heavy (non-hydrogen) atoms. The number of nitrogens with zero attached hydrogens (tertiary/aromatic N) is 3. The number of amides is 2. The van der Waals surface area contributed by atoms with Crippen LogP contribution in [0.15, 0.2) is 91.3 Å². The van der Waals surface area contributed by atoms with E-state index in [-0.39, 0.29) is 6.54 Å². The molecule has 2 heterocycles. The molecule has 0 aliphatic carbocycles. The number of carbonyl (C=O) groups is 2. The zero-order valence-corrected chi connectivity index (χ0v) is 19.2. The lowest BCUT2D eigenvalue weighted by Gasteiger charge is -2.26. The van der Waals surface area contributed by atoms with Crippen LogP contribution in [0.1, 0.15) is 26.3 Å². The average Bonchev–Trinajstić information content (AvgIpc) is 3.06. The molecule has 3 aromatic carbocycles. The predicted molar refractivity (Wildman–Crippen MR) is 131 cm³/mol. The Morgan fingerprint density at radius 1 is 0.765 bits per heavy atom. The molecule has 1 aromatic heterocycles. The van der Waals surface area contributed by atoms with Crippen molar-refractivity contribution < 1.29 is 14.3 Å². The first-order valence-corrected chi connectivity index (χ1v) is 11.2. The van der Waals surface area contributed by atoms with E-state index < -0.39 is 11.8 Å². The van der Waals surface area contributed by atoms with E-state index in [1.54, 1.807) is 54.6 Å². The van der Waals surface area contributed by atoms with Gasteiger partial charge in [-0.05, 0) is 72.8 Å². The van der Waals surface area contributed by atoms with E-state index in [1.165, 1.54) is 12.4 Å². The van der Waals surface area contributed by atoms with E-state index in [0.717, 1.165) is 16.3 Å². The Morgan fingerprint density at radius 3 is 1.91 bits per heavy atom. The number of pyridine rings is 1. The fourth-order valence-electron chi connectivity index (χ4n) is 3.97. The van der Waals surface area contributed by atoms with E-state index in [1.807, 2.05) is 29.2 Å². The number of benzene rings is 3. The van der Waals surface area contributed by atoms with E-state index in [4.69, 9.17) is 23.2 Å². The van der Waals surface area contributed by atoms with Gasteiger partial charge in [0.05, 0.1) is 17.7 Å². The van der Waals surface area contributed by atoms with Crippen LogP contribution in [0, 0.1) is 5.21 Å². The van der Waals surface area contributed by atoms with Crippen molar-refractivity contribution in [2.45, 2.75) is 6.54 Å². The summed E-state index contributed by atoms with van der Waals surface area (Å²) in [6.45, 7) is 0.0167. The van der Waals surface area contributed by atoms with Crippen molar-refractivity contribution in [2.75, 3.05) is 4.90 Å². The summed E-state index contributed by atoms with van der Waals surface area (Å²) in [4.78, 5) is 29.3. The molecule has 0 saturated carbocycles. The van der Waals surface area contributed by atoms with Crippen LogP contribution in [0.3, 0.4) is 0 Å². The molecule has 1 aliphatic heterocycles. The van der Waals surface area contributed by atoms with Crippen LogP contribution in [0.5, 0.6) is 0 Å². The lowest BCUT2D eigenvalue weighted by atomic mass is 10.1. The summed E-state index contributed by atoms with van der Waals surface area (Å²) in [6.07, 6.45) is 2.69. The highest BCUT2D eigenvalue weighted by atomic mass is 35.5. The smallest absolute Gasteiger partial charge is 0.261 e. The largest absolute Gasteiger partial charge is 0.619 e. The number of hydrogen-bond acceptors (Lipinski definition) is 4. The van der Waals surface area contributed by atoms with E-state index in [9.17, 15) is 14.8 Å². The molecule has 0 spiro atoms. The zero-order valence-electron chi connectivity index (χ0n) is 17.7. The summed E-state index contributed by atoms with van der Waals surface area (Å²) in [7, 11) is 0. The topological polar surface area (TPSA) is 67.6 Å².